The molecule has 0 radical (unpaired) electrons. The molecule has 0 spiro atoms. The average Bonchev–Trinajstić information content (AvgIpc) is 2.28. The molecule has 1 fully saturated rings. The van der Waals surface area contributed by atoms with Crippen LogP contribution in [0.1, 0.15) is 29.3 Å². The van der Waals surface area contributed by atoms with Gasteiger partial charge in [-0.1, -0.05) is 18.2 Å². The first-order valence-corrected chi connectivity index (χ1v) is 5.32. The minimum Gasteiger partial charge on any atom is -0.478 e. The number of benzene rings is 1. The molecule has 1 aliphatic heterocycles. The van der Waals surface area contributed by atoms with E-state index in [4.69, 9.17) is 9.84 Å². The van der Waals surface area contributed by atoms with Crippen LogP contribution in [0, 0.1) is 0 Å². The van der Waals surface area contributed by atoms with Gasteiger partial charge in [-0.2, -0.15) is 0 Å². The van der Waals surface area contributed by atoms with Crippen LogP contribution in [-0.2, 0) is 10.3 Å². The molecule has 2 N–H and O–H groups in total. The number of aromatic carboxylic acids is 1. The zero-order valence-electron chi connectivity index (χ0n) is 9.40. The largest absolute Gasteiger partial charge is 0.478 e. The summed E-state index contributed by atoms with van der Waals surface area (Å²) in [5, 5.41) is 11.7. The number of amides is 1. The third kappa shape index (κ3) is 2.08. The Labute approximate surface area is 98.4 Å². The maximum absolute atomic E-state index is 11.3. The van der Waals surface area contributed by atoms with Crippen molar-refractivity contribution >= 4 is 12.1 Å². The maximum Gasteiger partial charge on any atom is 0.408 e. The van der Waals surface area contributed by atoms with Gasteiger partial charge >= 0.3 is 12.1 Å². The molecule has 0 aromatic heterocycles. The number of hydrogen-bond donors (Lipinski definition) is 2. The summed E-state index contributed by atoms with van der Waals surface area (Å²) in [6, 6.07) is 6.59. The lowest BCUT2D eigenvalue weighted by atomic mass is 9.87. The Morgan fingerprint density at radius 2 is 2.18 bits per heavy atom. The van der Waals surface area contributed by atoms with Crippen molar-refractivity contribution in [1.29, 1.82) is 0 Å². The van der Waals surface area contributed by atoms with Crippen LogP contribution in [0.15, 0.2) is 24.3 Å². The number of hydrogen-bond acceptors (Lipinski definition) is 3. The molecule has 1 aliphatic rings. The fraction of sp³-hybridized carbons (Fsp3) is 0.333. The van der Waals surface area contributed by atoms with Crippen molar-refractivity contribution < 1.29 is 19.4 Å². The molecule has 5 nitrogen and oxygen atoms in total. The first kappa shape index (κ1) is 11.4. The lowest BCUT2D eigenvalue weighted by Gasteiger charge is -2.34. The summed E-state index contributed by atoms with van der Waals surface area (Å²) in [5.41, 5.74) is -0.177. The summed E-state index contributed by atoms with van der Waals surface area (Å²) < 4.78 is 5.24. The van der Waals surface area contributed by atoms with Crippen molar-refractivity contribution in [2.75, 3.05) is 6.54 Å². The van der Waals surface area contributed by atoms with E-state index in [9.17, 15) is 9.59 Å². The monoisotopic (exact) mass is 235 g/mol. The molecule has 5 heteroatoms. The number of rotatable bonds is 2. The molecule has 1 unspecified atom stereocenters. The van der Waals surface area contributed by atoms with Gasteiger partial charge in [0, 0.05) is 18.5 Å². The molecule has 1 aromatic rings. The molecule has 1 saturated heterocycles. The number of carbonyl (C=O) groups excluding carboxylic acids is 1. The lowest BCUT2D eigenvalue weighted by Crippen LogP contribution is -2.44. The van der Waals surface area contributed by atoms with Crippen LogP contribution in [0.25, 0.3) is 0 Å². The van der Waals surface area contributed by atoms with Crippen molar-refractivity contribution in [2.45, 2.75) is 18.9 Å². The molecule has 0 aliphatic carbocycles. The molecule has 1 aromatic carbocycles. The standard InChI is InChI=1S/C12H13NO4/c1-12(6-7-13-11(16)17-12)9-5-3-2-4-8(9)10(14)15/h2-5H,6-7H2,1H3,(H,13,16)(H,14,15). The second kappa shape index (κ2) is 4.08. The molecule has 1 amide bonds. The third-order valence-corrected chi connectivity index (χ3v) is 2.92. The zero-order valence-corrected chi connectivity index (χ0v) is 9.40. The van der Waals surface area contributed by atoms with Crippen LogP contribution in [0.5, 0.6) is 0 Å². The van der Waals surface area contributed by atoms with Gasteiger partial charge < -0.3 is 15.2 Å². The predicted octanol–water partition coefficient (Wildman–Crippen LogP) is 1.73. The van der Waals surface area contributed by atoms with Crippen LogP contribution < -0.4 is 5.32 Å². The third-order valence-electron chi connectivity index (χ3n) is 2.92. The van der Waals surface area contributed by atoms with Crippen molar-refractivity contribution in [3.63, 3.8) is 0 Å². The Balaban J connectivity index is 2.45. The van der Waals surface area contributed by atoms with E-state index in [0.717, 1.165) is 0 Å². The van der Waals surface area contributed by atoms with Crippen molar-refractivity contribution in [3.05, 3.63) is 35.4 Å². The van der Waals surface area contributed by atoms with Gasteiger partial charge in [0.2, 0.25) is 0 Å². The van der Waals surface area contributed by atoms with E-state index < -0.39 is 17.7 Å². The topological polar surface area (TPSA) is 75.6 Å². The van der Waals surface area contributed by atoms with Crippen LogP contribution >= 0.6 is 0 Å². The smallest absolute Gasteiger partial charge is 0.408 e. The quantitative estimate of drug-likeness (QED) is 0.818. The van der Waals surface area contributed by atoms with E-state index in [1.807, 2.05) is 0 Å². The molecule has 2 rings (SSSR count). The van der Waals surface area contributed by atoms with E-state index in [2.05, 4.69) is 5.32 Å². The number of nitrogens with one attached hydrogen (secondary N) is 1. The Kier molecular flexibility index (Phi) is 2.75. The van der Waals surface area contributed by atoms with Gasteiger partial charge in [-0.15, -0.1) is 0 Å². The molecule has 0 saturated carbocycles. The first-order valence-electron chi connectivity index (χ1n) is 5.32. The number of ether oxygens (including phenoxy) is 1. The van der Waals surface area contributed by atoms with E-state index in [0.29, 0.717) is 18.5 Å². The van der Waals surface area contributed by atoms with Gasteiger partial charge in [0.15, 0.2) is 0 Å². The summed E-state index contributed by atoms with van der Waals surface area (Å²) in [6.45, 7) is 2.21. The molecular formula is C12H13NO4. The van der Waals surface area contributed by atoms with Crippen LogP contribution in [0.3, 0.4) is 0 Å². The number of alkyl carbamates (subject to hydrolysis) is 1. The second-order valence-corrected chi connectivity index (χ2v) is 4.15. The van der Waals surface area contributed by atoms with Crippen molar-refractivity contribution in [2.24, 2.45) is 0 Å². The molecular weight excluding hydrogens is 222 g/mol. The van der Waals surface area contributed by atoms with Crippen LogP contribution in [0.4, 0.5) is 4.79 Å². The fourth-order valence-corrected chi connectivity index (χ4v) is 2.02. The summed E-state index contributed by atoms with van der Waals surface area (Å²) in [5.74, 6) is -1.02. The molecule has 1 heterocycles. The molecule has 90 valence electrons. The van der Waals surface area contributed by atoms with Crippen LogP contribution in [-0.4, -0.2) is 23.7 Å². The van der Waals surface area contributed by atoms with Gasteiger partial charge in [0.05, 0.1) is 5.56 Å². The Morgan fingerprint density at radius 1 is 1.47 bits per heavy atom. The van der Waals surface area contributed by atoms with E-state index in [-0.39, 0.29) is 5.56 Å². The number of cyclic esters (lactones) is 1. The highest BCUT2D eigenvalue weighted by molar-refractivity contribution is 5.90. The normalized spacial score (nSPS) is 23.7. The maximum atomic E-state index is 11.3. The summed E-state index contributed by atoms with van der Waals surface area (Å²) in [7, 11) is 0. The molecule has 1 atom stereocenters. The van der Waals surface area contributed by atoms with Gasteiger partial charge in [0.25, 0.3) is 0 Å². The van der Waals surface area contributed by atoms with Gasteiger partial charge in [-0.3, -0.25) is 0 Å². The van der Waals surface area contributed by atoms with E-state index in [1.165, 1.54) is 6.07 Å². The van der Waals surface area contributed by atoms with Gasteiger partial charge in [-0.25, -0.2) is 9.59 Å². The average molecular weight is 235 g/mol. The zero-order chi connectivity index (χ0) is 12.5. The number of carboxylic acids is 1. The minimum absolute atomic E-state index is 0.171. The number of carbonyl (C=O) groups is 2. The number of carboxylic acid groups (broad SMARTS) is 1. The highest BCUT2D eigenvalue weighted by Crippen LogP contribution is 2.33. The highest BCUT2D eigenvalue weighted by atomic mass is 16.6. The fourth-order valence-electron chi connectivity index (χ4n) is 2.02. The molecule has 0 bridgehead atoms. The molecule has 17 heavy (non-hydrogen) atoms. The van der Waals surface area contributed by atoms with Gasteiger partial charge in [-0.05, 0) is 13.0 Å². The minimum atomic E-state index is -1.02. The highest BCUT2D eigenvalue weighted by Gasteiger charge is 2.37. The predicted molar refractivity (Wildman–Crippen MR) is 59.9 cm³/mol. The Hall–Kier alpha value is -2.04. The van der Waals surface area contributed by atoms with E-state index in [1.54, 1.807) is 25.1 Å². The Morgan fingerprint density at radius 3 is 2.82 bits per heavy atom. The Bertz CT molecular complexity index is 471. The van der Waals surface area contributed by atoms with Crippen molar-refractivity contribution in [1.82, 2.24) is 5.32 Å². The summed E-state index contributed by atoms with van der Waals surface area (Å²) in [6.07, 6.45) is 0.0298. The summed E-state index contributed by atoms with van der Waals surface area (Å²) in [4.78, 5) is 22.4. The van der Waals surface area contributed by atoms with E-state index >= 15 is 0 Å². The van der Waals surface area contributed by atoms with Gasteiger partial charge in [0.1, 0.15) is 5.60 Å². The summed E-state index contributed by atoms with van der Waals surface area (Å²) >= 11 is 0. The van der Waals surface area contributed by atoms with Crippen molar-refractivity contribution in [3.8, 4) is 0 Å². The first-order chi connectivity index (χ1) is 8.03. The van der Waals surface area contributed by atoms with Crippen LogP contribution in [0.2, 0.25) is 0 Å². The SMILES string of the molecule is CC1(c2ccccc2C(=O)O)CCNC(=O)O1. The lowest BCUT2D eigenvalue weighted by molar-refractivity contribution is -0.00383. The second-order valence-electron chi connectivity index (χ2n) is 4.15.